The molecule has 162 valence electrons. The number of halogens is 1. The van der Waals surface area contributed by atoms with E-state index in [1.165, 1.54) is 18.4 Å². The monoisotopic (exact) mass is 451 g/mol. The summed E-state index contributed by atoms with van der Waals surface area (Å²) in [4.78, 5) is 40.0. The lowest BCUT2D eigenvalue weighted by Crippen LogP contribution is -2.51. The lowest BCUT2D eigenvalue weighted by molar-refractivity contribution is -0.384. The minimum atomic E-state index is -1.33. The quantitative estimate of drug-likeness (QED) is 0.361. The summed E-state index contributed by atoms with van der Waals surface area (Å²) in [5.41, 5.74) is 0.392. The van der Waals surface area contributed by atoms with E-state index < -0.39 is 22.3 Å². The smallest absolute Gasteiger partial charge is 0.269 e. The molecule has 2 aliphatic rings. The van der Waals surface area contributed by atoms with Crippen LogP contribution in [0.1, 0.15) is 27.6 Å². The van der Waals surface area contributed by atoms with Gasteiger partial charge in [0.15, 0.2) is 5.76 Å². The number of fused-ring (bicyclic) bond motifs is 2. The molecule has 0 bridgehead atoms. The number of hydrogen-bond donors (Lipinski definition) is 1. The van der Waals surface area contributed by atoms with Crippen LogP contribution in [0.15, 0.2) is 65.3 Å². The van der Waals surface area contributed by atoms with Crippen LogP contribution in [0.4, 0.5) is 11.4 Å². The summed E-state index contributed by atoms with van der Waals surface area (Å²) >= 11 is 6.28. The summed E-state index contributed by atoms with van der Waals surface area (Å²) in [5.74, 6) is -1.94. The van der Waals surface area contributed by atoms with E-state index in [0.29, 0.717) is 28.4 Å². The number of furan rings is 1. The second-order valence-corrected chi connectivity index (χ2v) is 8.51. The Balaban J connectivity index is 1.74. The van der Waals surface area contributed by atoms with Gasteiger partial charge < -0.3 is 9.73 Å². The summed E-state index contributed by atoms with van der Waals surface area (Å²) in [5, 5.41) is 14.7. The van der Waals surface area contributed by atoms with Crippen molar-refractivity contribution in [2.45, 2.75) is 11.5 Å². The molecule has 2 aliphatic heterocycles. The van der Waals surface area contributed by atoms with Gasteiger partial charge >= 0.3 is 0 Å². The maximum atomic E-state index is 13.8. The predicted octanol–water partition coefficient (Wildman–Crippen LogP) is 4.22. The number of carbonyl (C=O) groups excluding carboxylic acids is 2. The van der Waals surface area contributed by atoms with Crippen LogP contribution >= 0.6 is 11.6 Å². The normalized spacial score (nSPS) is 24.5. The first-order valence-electron chi connectivity index (χ1n) is 9.99. The number of amides is 1. The highest BCUT2D eigenvalue weighted by Gasteiger charge is 2.64. The number of likely N-dealkylation sites (N-methyl/N-ethyl adjacent to an activating group) is 1. The Kier molecular flexibility index (Phi) is 4.65. The standard InChI is InChI=1S/C23H18ClN3O5/c1-26-12-16(13-4-2-5-15(10-13)27(30)31)20(21(28)19-6-3-9-32-19)23(26)17-11-14(24)7-8-18(17)25-22(23)29/h2-11,16,20H,12H2,1H3,(H,25,29)/t16-,20-,23+/m1/s1. The third-order valence-corrected chi connectivity index (χ3v) is 6.70. The van der Waals surface area contributed by atoms with E-state index in [-0.39, 0.29) is 23.1 Å². The van der Waals surface area contributed by atoms with E-state index in [1.54, 1.807) is 49.5 Å². The van der Waals surface area contributed by atoms with Crippen LogP contribution in [-0.2, 0) is 10.3 Å². The van der Waals surface area contributed by atoms with Gasteiger partial charge in [-0.15, -0.1) is 0 Å². The van der Waals surface area contributed by atoms with E-state index in [0.717, 1.165) is 0 Å². The van der Waals surface area contributed by atoms with Crippen molar-refractivity contribution >= 4 is 34.7 Å². The van der Waals surface area contributed by atoms with Gasteiger partial charge in [-0.2, -0.15) is 0 Å². The molecule has 0 radical (unpaired) electrons. The van der Waals surface area contributed by atoms with Crippen LogP contribution in [0, 0.1) is 16.0 Å². The Morgan fingerprint density at radius 1 is 1.25 bits per heavy atom. The van der Waals surface area contributed by atoms with E-state index in [2.05, 4.69) is 5.32 Å². The molecule has 3 heterocycles. The van der Waals surface area contributed by atoms with E-state index in [1.807, 2.05) is 4.90 Å². The zero-order chi connectivity index (χ0) is 22.6. The highest BCUT2D eigenvalue weighted by Crippen LogP contribution is 2.56. The van der Waals surface area contributed by atoms with Crippen LogP contribution in [-0.4, -0.2) is 35.1 Å². The number of nitrogens with one attached hydrogen (secondary N) is 1. The molecule has 2 aromatic carbocycles. The molecule has 8 nitrogen and oxygen atoms in total. The molecule has 3 atom stereocenters. The number of nitro benzene ring substituents is 1. The fourth-order valence-electron chi connectivity index (χ4n) is 5.15. The number of nitrogens with zero attached hydrogens (tertiary/aromatic N) is 2. The Labute approximate surface area is 187 Å². The molecule has 0 unspecified atom stereocenters. The summed E-state index contributed by atoms with van der Waals surface area (Å²) in [6.45, 7) is 0.331. The molecule has 1 aromatic heterocycles. The van der Waals surface area contributed by atoms with Crippen molar-refractivity contribution in [2.75, 3.05) is 18.9 Å². The molecular formula is C23H18ClN3O5. The SMILES string of the molecule is CN1C[C@H](c2cccc([N+](=O)[O-])c2)[C@H](C(=O)c2ccco2)[C@@]12C(=O)Nc1ccc(Cl)cc12. The number of hydrogen-bond acceptors (Lipinski definition) is 6. The van der Waals surface area contributed by atoms with Crippen molar-refractivity contribution in [2.24, 2.45) is 5.92 Å². The summed E-state index contributed by atoms with van der Waals surface area (Å²) in [6.07, 6.45) is 1.40. The Morgan fingerprint density at radius 2 is 2.06 bits per heavy atom. The van der Waals surface area contributed by atoms with Crippen molar-refractivity contribution in [3.05, 3.63) is 92.9 Å². The predicted molar refractivity (Wildman–Crippen MR) is 117 cm³/mol. The van der Waals surface area contributed by atoms with Gasteiger partial charge in [0.2, 0.25) is 11.7 Å². The maximum absolute atomic E-state index is 13.8. The molecule has 5 rings (SSSR count). The zero-order valence-corrected chi connectivity index (χ0v) is 17.7. The molecule has 1 saturated heterocycles. The van der Waals surface area contributed by atoms with E-state index >= 15 is 0 Å². The van der Waals surface area contributed by atoms with Crippen molar-refractivity contribution in [3.63, 3.8) is 0 Å². The molecule has 0 aliphatic carbocycles. The molecule has 9 heteroatoms. The van der Waals surface area contributed by atoms with Crippen LogP contribution in [0.5, 0.6) is 0 Å². The molecule has 1 amide bonds. The third kappa shape index (κ3) is 2.80. The van der Waals surface area contributed by atoms with Crippen molar-refractivity contribution in [1.82, 2.24) is 4.90 Å². The Morgan fingerprint density at radius 3 is 2.78 bits per heavy atom. The van der Waals surface area contributed by atoms with Gasteiger partial charge in [0.25, 0.3) is 5.69 Å². The van der Waals surface area contributed by atoms with Crippen molar-refractivity contribution < 1.29 is 18.9 Å². The molecule has 3 aromatic rings. The van der Waals surface area contributed by atoms with Gasteiger partial charge in [-0.1, -0.05) is 23.7 Å². The fourth-order valence-corrected chi connectivity index (χ4v) is 5.32. The molecule has 1 fully saturated rings. The van der Waals surface area contributed by atoms with Crippen LogP contribution in [0.25, 0.3) is 0 Å². The van der Waals surface area contributed by atoms with Gasteiger partial charge in [0.1, 0.15) is 5.54 Å². The van der Waals surface area contributed by atoms with Crippen LogP contribution in [0.2, 0.25) is 5.02 Å². The van der Waals surface area contributed by atoms with Crippen molar-refractivity contribution in [1.29, 1.82) is 0 Å². The maximum Gasteiger partial charge on any atom is 0.269 e. The number of nitro groups is 1. The van der Waals surface area contributed by atoms with Gasteiger partial charge in [-0.25, -0.2) is 0 Å². The molecule has 32 heavy (non-hydrogen) atoms. The Bertz CT molecular complexity index is 1260. The number of likely N-dealkylation sites (tertiary alicyclic amines) is 1. The third-order valence-electron chi connectivity index (χ3n) is 6.47. The van der Waals surface area contributed by atoms with Gasteiger partial charge in [0.05, 0.1) is 17.1 Å². The highest BCUT2D eigenvalue weighted by molar-refractivity contribution is 6.31. The second kappa shape index (κ2) is 7.29. The first-order chi connectivity index (χ1) is 15.3. The van der Waals surface area contributed by atoms with E-state index in [4.69, 9.17) is 16.0 Å². The molecular weight excluding hydrogens is 434 g/mol. The highest BCUT2D eigenvalue weighted by atomic mass is 35.5. The number of ketones is 1. The number of anilines is 1. The zero-order valence-electron chi connectivity index (χ0n) is 16.9. The minimum Gasteiger partial charge on any atom is -0.461 e. The topological polar surface area (TPSA) is 106 Å². The average molecular weight is 452 g/mol. The molecule has 1 N–H and O–H groups in total. The number of Topliss-reactive ketones (excluding diaryl/α,β-unsaturated/α-hetero) is 1. The van der Waals surface area contributed by atoms with Crippen LogP contribution < -0.4 is 5.32 Å². The number of carbonyl (C=O) groups is 2. The fraction of sp³-hybridized carbons (Fsp3) is 0.217. The van der Waals surface area contributed by atoms with Gasteiger partial charge in [-0.05, 0) is 42.9 Å². The van der Waals surface area contributed by atoms with Gasteiger partial charge in [0, 0.05) is 40.9 Å². The minimum absolute atomic E-state index is 0.0744. The number of benzene rings is 2. The average Bonchev–Trinajstić information content (AvgIpc) is 3.47. The second-order valence-electron chi connectivity index (χ2n) is 8.07. The Hall–Kier alpha value is -3.49. The van der Waals surface area contributed by atoms with Crippen LogP contribution in [0.3, 0.4) is 0 Å². The van der Waals surface area contributed by atoms with E-state index in [9.17, 15) is 19.7 Å². The summed E-state index contributed by atoms with van der Waals surface area (Å²) in [6, 6.07) is 14.5. The first-order valence-corrected chi connectivity index (χ1v) is 10.4. The lowest BCUT2D eigenvalue weighted by Gasteiger charge is -2.35. The molecule has 0 saturated carbocycles. The first kappa shape index (κ1) is 20.4. The van der Waals surface area contributed by atoms with Crippen molar-refractivity contribution in [3.8, 4) is 0 Å². The summed E-state index contributed by atoms with van der Waals surface area (Å²) < 4.78 is 5.40. The lowest BCUT2D eigenvalue weighted by atomic mass is 9.71. The summed E-state index contributed by atoms with van der Waals surface area (Å²) in [7, 11) is 1.77. The largest absolute Gasteiger partial charge is 0.461 e. The number of rotatable bonds is 4. The number of non-ortho nitro benzene ring substituents is 1. The molecule has 1 spiro atoms. The van der Waals surface area contributed by atoms with Gasteiger partial charge in [-0.3, -0.25) is 24.6 Å².